The van der Waals surface area contributed by atoms with E-state index in [1.54, 1.807) is 56.3 Å². The van der Waals surface area contributed by atoms with Gasteiger partial charge >= 0.3 is 12.1 Å². The summed E-state index contributed by atoms with van der Waals surface area (Å²) in [6, 6.07) is 11.5. The van der Waals surface area contributed by atoms with Crippen LogP contribution in [0.1, 0.15) is 23.0 Å². The van der Waals surface area contributed by atoms with E-state index in [4.69, 9.17) is 25.5 Å². The third kappa shape index (κ3) is 3.81. The molecule has 0 saturated heterocycles. The van der Waals surface area contributed by atoms with Gasteiger partial charge in [0, 0.05) is 16.1 Å². The van der Waals surface area contributed by atoms with Crippen LogP contribution < -0.4 is 10.1 Å². The van der Waals surface area contributed by atoms with Crippen molar-refractivity contribution in [2.75, 3.05) is 11.9 Å². The zero-order valence-electron chi connectivity index (χ0n) is 14.2. The summed E-state index contributed by atoms with van der Waals surface area (Å²) >= 11 is 5.88. The Morgan fingerprint density at radius 3 is 2.73 bits per heavy atom. The normalized spacial score (nSPS) is 10.6. The van der Waals surface area contributed by atoms with Gasteiger partial charge in [0.1, 0.15) is 22.7 Å². The summed E-state index contributed by atoms with van der Waals surface area (Å²) in [4.78, 5) is 24.2. The predicted molar refractivity (Wildman–Crippen MR) is 98.0 cm³/mol. The summed E-state index contributed by atoms with van der Waals surface area (Å²) in [5.41, 5.74) is 1.34. The number of esters is 1. The van der Waals surface area contributed by atoms with Crippen molar-refractivity contribution in [3.05, 3.63) is 58.8 Å². The van der Waals surface area contributed by atoms with Gasteiger partial charge in [-0.25, -0.2) is 9.59 Å². The van der Waals surface area contributed by atoms with E-state index in [-0.39, 0.29) is 12.4 Å². The number of carbonyl (C=O) groups excluding carboxylic acids is 2. The fourth-order valence-corrected chi connectivity index (χ4v) is 2.73. The molecule has 0 saturated carbocycles. The van der Waals surface area contributed by atoms with Crippen LogP contribution in [0.5, 0.6) is 5.75 Å². The molecule has 3 rings (SSSR count). The lowest BCUT2D eigenvalue weighted by molar-refractivity contribution is 0.0526. The van der Waals surface area contributed by atoms with Crippen molar-refractivity contribution < 1.29 is 23.5 Å². The quantitative estimate of drug-likeness (QED) is 0.637. The molecule has 7 heteroatoms. The number of fused-ring (bicyclic) bond motifs is 1. The number of hydrogen-bond donors (Lipinski definition) is 1. The molecule has 1 aromatic heterocycles. The van der Waals surface area contributed by atoms with Crippen LogP contribution in [0.25, 0.3) is 11.0 Å². The van der Waals surface area contributed by atoms with Gasteiger partial charge in [0.15, 0.2) is 0 Å². The molecule has 0 aliphatic carbocycles. The number of ether oxygens (including phenoxy) is 2. The molecular weight excluding hydrogens is 358 g/mol. The maximum atomic E-state index is 12.1. The molecule has 0 spiro atoms. The maximum Gasteiger partial charge on any atom is 0.417 e. The first kappa shape index (κ1) is 17.8. The number of hydrogen-bond acceptors (Lipinski definition) is 5. The van der Waals surface area contributed by atoms with Gasteiger partial charge < -0.3 is 13.9 Å². The number of carbonyl (C=O) groups is 2. The second-order valence-electron chi connectivity index (χ2n) is 5.44. The third-order valence-electron chi connectivity index (χ3n) is 3.60. The van der Waals surface area contributed by atoms with Gasteiger partial charge in [-0.2, -0.15) is 0 Å². The lowest BCUT2D eigenvalue weighted by Crippen LogP contribution is -2.16. The largest absolute Gasteiger partial charge is 0.462 e. The van der Waals surface area contributed by atoms with Crippen LogP contribution in [0, 0.1) is 6.92 Å². The highest BCUT2D eigenvalue weighted by molar-refractivity contribution is 6.30. The van der Waals surface area contributed by atoms with Gasteiger partial charge in [-0.3, -0.25) is 5.32 Å². The topological polar surface area (TPSA) is 77.8 Å². The molecule has 1 amide bonds. The van der Waals surface area contributed by atoms with Gasteiger partial charge in [-0.1, -0.05) is 17.7 Å². The Labute approximate surface area is 154 Å². The molecule has 6 nitrogen and oxygen atoms in total. The van der Waals surface area contributed by atoms with Crippen molar-refractivity contribution in [1.82, 2.24) is 0 Å². The van der Waals surface area contributed by atoms with E-state index in [9.17, 15) is 9.59 Å². The summed E-state index contributed by atoms with van der Waals surface area (Å²) in [5.74, 6) is 0.228. The average Bonchev–Trinajstić information content (AvgIpc) is 2.90. The van der Waals surface area contributed by atoms with Crippen LogP contribution in [0.15, 0.2) is 46.9 Å². The van der Waals surface area contributed by atoms with Crippen molar-refractivity contribution in [3.63, 3.8) is 0 Å². The monoisotopic (exact) mass is 373 g/mol. The first-order valence-corrected chi connectivity index (χ1v) is 8.30. The minimum Gasteiger partial charge on any atom is -0.462 e. The van der Waals surface area contributed by atoms with Crippen LogP contribution in [0.3, 0.4) is 0 Å². The second-order valence-corrected chi connectivity index (χ2v) is 5.87. The van der Waals surface area contributed by atoms with Crippen molar-refractivity contribution in [2.45, 2.75) is 13.8 Å². The van der Waals surface area contributed by atoms with Crippen molar-refractivity contribution in [1.29, 1.82) is 0 Å². The number of anilines is 1. The fourth-order valence-electron chi connectivity index (χ4n) is 2.54. The lowest BCUT2D eigenvalue weighted by atomic mass is 10.1. The van der Waals surface area contributed by atoms with Gasteiger partial charge in [0.05, 0.1) is 6.61 Å². The molecule has 0 aliphatic heterocycles. The van der Waals surface area contributed by atoms with E-state index in [2.05, 4.69) is 5.32 Å². The SMILES string of the molecule is CCOC(=O)c1c(C)oc2ccc(OC(=O)Nc3cccc(Cl)c3)cc12. The minimum atomic E-state index is -0.676. The molecule has 0 atom stereocenters. The zero-order chi connectivity index (χ0) is 18.7. The van der Waals surface area contributed by atoms with E-state index >= 15 is 0 Å². The van der Waals surface area contributed by atoms with E-state index in [1.165, 1.54) is 0 Å². The fraction of sp³-hybridized carbons (Fsp3) is 0.158. The van der Waals surface area contributed by atoms with E-state index in [0.717, 1.165) is 0 Å². The Bertz CT molecular complexity index is 979. The Hall–Kier alpha value is -2.99. The summed E-state index contributed by atoms with van der Waals surface area (Å²) in [7, 11) is 0. The molecule has 1 N–H and O–H groups in total. The number of aryl methyl sites for hydroxylation is 1. The molecule has 2 aromatic carbocycles. The Morgan fingerprint density at radius 1 is 1.19 bits per heavy atom. The zero-order valence-corrected chi connectivity index (χ0v) is 14.9. The molecular formula is C19H16ClNO5. The molecule has 3 aromatic rings. The Morgan fingerprint density at radius 2 is 2.00 bits per heavy atom. The number of nitrogens with one attached hydrogen (secondary N) is 1. The van der Waals surface area contributed by atoms with E-state index in [0.29, 0.717) is 33.0 Å². The number of halogens is 1. The smallest absolute Gasteiger partial charge is 0.417 e. The second kappa shape index (κ2) is 7.49. The Kier molecular flexibility index (Phi) is 5.14. The van der Waals surface area contributed by atoms with Gasteiger partial charge in [0.25, 0.3) is 0 Å². The van der Waals surface area contributed by atoms with Crippen molar-refractivity contribution in [2.24, 2.45) is 0 Å². The first-order valence-electron chi connectivity index (χ1n) is 7.92. The number of amides is 1. The molecule has 0 bridgehead atoms. The van der Waals surface area contributed by atoms with Crippen LogP contribution >= 0.6 is 11.6 Å². The number of benzene rings is 2. The number of rotatable bonds is 4. The summed E-state index contributed by atoms with van der Waals surface area (Å²) in [5, 5.41) is 3.60. The lowest BCUT2D eigenvalue weighted by Gasteiger charge is -2.07. The summed E-state index contributed by atoms with van der Waals surface area (Å²) < 4.78 is 15.9. The van der Waals surface area contributed by atoms with Crippen LogP contribution in [0.2, 0.25) is 5.02 Å². The molecule has 1 heterocycles. The van der Waals surface area contributed by atoms with Crippen LogP contribution in [-0.4, -0.2) is 18.7 Å². The molecule has 0 aliphatic rings. The minimum absolute atomic E-state index is 0.253. The molecule has 0 unspecified atom stereocenters. The first-order chi connectivity index (χ1) is 12.5. The van der Waals surface area contributed by atoms with Crippen molar-refractivity contribution in [3.8, 4) is 5.75 Å². The average molecular weight is 374 g/mol. The summed E-state index contributed by atoms with van der Waals surface area (Å²) in [6.45, 7) is 3.66. The maximum absolute atomic E-state index is 12.1. The van der Waals surface area contributed by atoms with Crippen LogP contribution in [0.4, 0.5) is 10.5 Å². The van der Waals surface area contributed by atoms with Gasteiger partial charge in [-0.15, -0.1) is 0 Å². The molecule has 0 fully saturated rings. The standard InChI is InChI=1S/C19H16ClNO5/c1-3-24-18(22)17-11(2)25-16-8-7-14(10-15(16)17)26-19(23)21-13-6-4-5-12(20)9-13/h4-10H,3H2,1-2H3,(H,21,23). The van der Waals surface area contributed by atoms with Crippen molar-refractivity contribution >= 4 is 40.3 Å². The molecule has 0 radical (unpaired) electrons. The highest BCUT2D eigenvalue weighted by Gasteiger charge is 2.20. The molecule has 134 valence electrons. The van der Waals surface area contributed by atoms with E-state index < -0.39 is 12.1 Å². The highest BCUT2D eigenvalue weighted by Crippen LogP contribution is 2.30. The summed E-state index contributed by atoms with van der Waals surface area (Å²) in [6.07, 6.45) is -0.676. The highest BCUT2D eigenvalue weighted by atomic mass is 35.5. The predicted octanol–water partition coefficient (Wildman–Crippen LogP) is 5.18. The number of furan rings is 1. The Balaban J connectivity index is 1.83. The van der Waals surface area contributed by atoms with E-state index in [1.807, 2.05) is 0 Å². The van der Waals surface area contributed by atoms with Crippen LogP contribution in [-0.2, 0) is 4.74 Å². The van der Waals surface area contributed by atoms with Gasteiger partial charge in [0.2, 0.25) is 0 Å². The van der Waals surface area contributed by atoms with Gasteiger partial charge in [-0.05, 0) is 50.2 Å². The molecule has 26 heavy (non-hydrogen) atoms. The third-order valence-corrected chi connectivity index (χ3v) is 3.83.